The Bertz CT molecular complexity index is 747. The van der Waals surface area contributed by atoms with Crippen LogP contribution >= 0.6 is 11.8 Å². The Labute approximate surface area is 150 Å². The Morgan fingerprint density at radius 3 is 2.40 bits per heavy atom. The Hall–Kier alpha value is -2.15. The van der Waals surface area contributed by atoms with Crippen LogP contribution in [0.2, 0.25) is 0 Å². The van der Waals surface area contributed by atoms with Crippen molar-refractivity contribution < 1.29 is 14.4 Å². The molecule has 2 atom stereocenters. The fourth-order valence-corrected chi connectivity index (χ4v) is 4.40. The van der Waals surface area contributed by atoms with Gasteiger partial charge < -0.3 is 4.90 Å². The van der Waals surface area contributed by atoms with E-state index in [9.17, 15) is 14.4 Å². The largest absolute Gasteiger partial charge is 0.334 e. The number of hydrogen-bond acceptors (Lipinski definition) is 5. The van der Waals surface area contributed by atoms with Crippen LogP contribution in [0.15, 0.2) is 35.5 Å². The molecule has 3 heterocycles. The first-order valence-electron chi connectivity index (χ1n) is 8.42. The second-order valence-corrected chi connectivity index (χ2v) is 7.42. The number of carbonyl (C=O) groups is 3. The van der Waals surface area contributed by atoms with Crippen molar-refractivity contribution in [1.82, 2.24) is 14.8 Å². The van der Waals surface area contributed by atoms with E-state index in [-0.39, 0.29) is 35.6 Å². The van der Waals surface area contributed by atoms with Crippen LogP contribution in [0.4, 0.5) is 0 Å². The molecule has 2 aliphatic heterocycles. The Kier molecular flexibility index (Phi) is 4.11. The van der Waals surface area contributed by atoms with E-state index < -0.39 is 0 Å². The Balaban J connectivity index is 1.45. The summed E-state index contributed by atoms with van der Waals surface area (Å²) >= 11 is 1.43. The molecular weight excluding hydrogens is 338 g/mol. The molecule has 3 amide bonds. The van der Waals surface area contributed by atoms with E-state index in [1.807, 2.05) is 18.4 Å². The molecule has 1 aromatic rings. The van der Waals surface area contributed by atoms with Gasteiger partial charge in [0.15, 0.2) is 0 Å². The topological polar surface area (TPSA) is 70.6 Å². The van der Waals surface area contributed by atoms with E-state index in [0.29, 0.717) is 36.5 Å². The van der Waals surface area contributed by atoms with Crippen molar-refractivity contribution in [1.29, 1.82) is 0 Å². The number of likely N-dealkylation sites (tertiary alicyclic amines) is 2. The number of carbonyl (C=O) groups excluding carboxylic acids is 3. The van der Waals surface area contributed by atoms with Crippen LogP contribution in [0.5, 0.6) is 0 Å². The molecule has 0 saturated carbocycles. The molecule has 25 heavy (non-hydrogen) atoms. The van der Waals surface area contributed by atoms with Crippen LogP contribution in [-0.2, 0) is 9.59 Å². The number of aromatic nitrogens is 1. The second kappa shape index (κ2) is 6.29. The van der Waals surface area contributed by atoms with Gasteiger partial charge in [0.05, 0.1) is 23.4 Å². The first-order chi connectivity index (χ1) is 12.1. The fraction of sp³-hybridized carbons (Fsp3) is 0.444. The highest BCUT2D eigenvalue weighted by Crippen LogP contribution is 2.37. The standard InChI is InChI=1S/C18H19N3O3S/c1-25-15-14(7-4-8-19-15)16(22)20-9-11(10-20)21-17(23)12-5-2-3-6-13(12)18(21)24/h2-4,7-8,11-13H,5-6,9-10H2,1H3/t12-,13-/m0/s1. The van der Waals surface area contributed by atoms with Gasteiger partial charge in [-0.3, -0.25) is 19.3 Å². The summed E-state index contributed by atoms with van der Waals surface area (Å²) in [6.07, 6.45) is 8.81. The number of fused-ring (bicyclic) bond motifs is 1. The SMILES string of the molecule is CSc1ncccc1C(=O)N1CC(N2C(=O)[C@H]3CC=CC[C@@H]3C2=O)C1. The Morgan fingerprint density at radius 2 is 1.80 bits per heavy atom. The number of hydrogen-bond donors (Lipinski definition) is 0. The van der Waals surface area contributed by atoms with Crippen molar-refractivity contribution in [2.24, 2.45) is 11.8 Å². The predicted octanol–water partition coefficient (Wildman–Crippen LogP) is 1.58. The lowest BCUT2D eigenvalue weighted by Gasteiger charge is -2.43. The molecule has 7 heteroatoms. The van der Waals surface area contributed by atoms with Gasteiger partial charge in [-0.25, -0.2) is 4.98 Å². The quantitative estimate of drug-likeness (QED) is 0.467. The van der Waals surface area contributed by atoms with E-state index in [1.54, 1.807) is 23.2 Å². The van der Waals surface area contributed by atoms with Crippen molar-refractivity contribution >= 4 is 29.5 Å². The number of rotatable bonds is 3. The van der Waals surface area contributed by atoms with E-state index in [0.717, 1.165) is 0 Å². The zero-order chi connectivity index (χ0) is 17.6. The van der Waals surface area contributed by atoms with Crippen molar-refractivity contribution in [2.45, 2.75) is 23.9 Å². The van der Waals surface area contributed by atoms with E-state index >= 15 is 0 Å². The highest BCUT2D eigenvalue weighted by Gasteiger charge is 2.52. The van der Waals surface area contributed by atoms with Gasteiger partial charge in [0.1, 0.15) is 5.03 Å². The third-order valence-electron chi connectivity index (χ3n) is 5.25. The van der Waals surface area contributed by atoms with Crippen molar-refractivity contribution in [3.63, 3.8) is 0 Å². The fourth-order valence-electron chi connectivity index (χ4n) is 3.86. The molecule has 2 saturated heterocycles. The molecule has 1 aromatic heterocycles. The molecule has 0 unspecified atom stereocenters. The molecule has 0 bridgehead atoms. The van der Waals surface area contributed by atoms with Gasteiger partial charge in [0, 0.05) is 19.3 Å². The van der Waals surface area contributed by atoms with Gasteiger partial charge in [-0.1, -0.05) is 12.2 Å². The smallest absolute Gasteiger partial charge is 0.256 e. The number of allylic oxidation sites excluding steroid dienone is 2. The second-order valence-electron chi connectivity index (χ2n) is 6.63. The lowest BCUT2D eigenvalue weighted by molar-refractivity contribution is -0.145. The minimum absolute atomic E-state index is 0.0670. The van der Waals surface area contributed by atoms with E-state index in [2.05, 4.69) is 4.98 Å². The zero-order valence-corrected chi connectivity index (χ0v) is 14.7. The summed E-state index contributed by atoms with van der Waals surface area (Å²) in [4.78, 5) is 45.1. The van der Waals surface area contributed by atoms with Crippen LogP contribution in [0.25, 0.3) is 0 Å². The van der Waals surface area contributed by atoms with Crippen molar-refractivity contribution in [3.8, 4) is 0 Å². The highest BCUT2D eigenvalue weighted by molar-refractivity contribution is 7.98. The Morgan fingerprint density at radius 1 is 1.16 bits per heavy atom. The van der Waals surface area contributed by atoms with Crippen LogP contribution < -0.4 is 0 Å². The third-order valence-corrected chi connectivity index (χ3v) is 5.96. The summed E-state index contributed by atoms with van der Waals surface area (Å²) in [6, 6.07) is 3.32. The first kappa shape index (κ1) is 16.3. The molecule has 0 spiro atoms. The summed E-state index contributed by atoms with van der Waals surface area (Å²) in [7, 11) is 0. The van der Waals surface area contributed by atoms with Crippen molar-refractivity contribution in [2.75, 3.05) is 19.3 Å². The molecular formula is C18H19N3O3S. The highest BCUT2D eigenvalue weighted by atomic mass is 32.2. The summed E-state index contributed by atoms with van der Waals surface area (Å²) < 4.78 is 0. The molecule has 4 rings (SSSR count). The summed E-state index contributed by atoms with van der Waals surface area (Å²) in [6.45, 7) is 0.817. The van der Waals surface area contributed by atoms with E-state index in [4.69, 9.17) is 0 Å². The predicted molar refractivity (Wildman–Crippen MR) is 92.9 cm³/mol. The van der Waals surface area contributed by atoms with Crippen LogP contribution in [-0.4, -0.2) is 57.9 Å². The van der Waals surface area contributed by atoms with Gasteiger partial charge in [-0.2, -0.15) is 0 Å². The number of amides is 3. The van der Waals surface area contributed by atoms with Gasteiger partial charge in [-0.05, 0) is 31.2 Å². The summed E-state index contributed by atoms with van der Waals surface area (Å²) in [5.74, 6) is -0.635. The van der Waals surface area contributed by atoms with Gasteiger partial charge in [-0.15, -0.1) is 11.8 Å². The minimum atomic E-state index is -0.205. The monoisotopic (exact) mass is 357 g/mol. The van der Waals surface area contributed by atoms with Gasteiger partial charge in [0.25, 0.3) is 5.91 Å². The summed E-state index contributed by atoms with van der Waals surface area (Å²) in [5, 5.41) is 0.696. The maximum atomic E-state index is 12.7. The molecule has 0 radical (unpaired) electrons. The summed E-state index contributed by atoms with van der Waals surface area (Å²) in [5.41, 5.74) is 0.574. The molecule has 1 aliphatic carbocycles. The molecule has 2 fully saturated rings. The maximum absolute atomic E-state index is 12.7. The lowest BCUT2D eigenvalue weighted by Crippen LogP contribution is -2.62. The molecule has 130 valence electrons. The third kappa shape index (κ3) is 2.57. The van der Waals surface area contributed by atoms with Crippen LogP contribution in [0.1, 0.15) is 23.2 Å². The number of nitrogens with zero attached hydrogens (tertiary/aromatic N) is 3. The first-order valence-corrected chi connectivity index (χ1v) is 9.64. The molecule has 6 nitrogen and oxygen atoms in total. The van der Waals surface area contributed by atoms with Crippen LogP contribution in [0, 0.1) is 11.8 Å². The maximum Gasteiger partial charge on any atom is 0.256 e. The average molecular weight is 357 g/mol. The molecule has 0 aromatic carbocycles. The zero-order valence-electron chi connectivity index (χ0n) is 13.9. The average Bonchev–Trinajstić information content (AvgIpc) is 2.86. The van der Waals surface area contributed by atoms with Gasteiger partial charge >= 0.3 is 0 Å². The number of imide groups is 1. The molecule has 0 N–H and O–H groups in total. The van der Waals surface area contributed by atoms with Crippen molar-refractivity contribution in [3.05, 3.63) is 36.0 Å². The lowest BCUT2D eigenvalue weighted by atomic mass is 9.85. The molecule has 3 aliphatic rings. The normalized spacial score (nSPS) is 26.0. The van der Waals surface area contributed by atoms with Gasteiger partial charge in [0.2, 0.25) is 11.8 Å². The van der Waals surface area contributed by atoms with E-state index in [1.165, 1.54) is 16.7 Å². The van der Waals surface area contributed by atoms with Crippen LogP contribution in [0.3, 0.4) is 0 Å². The number of thioether (sulfide) groups is 1. The number of pyridine rings is 1. The minimum Gasteiger partial charge on any atom is -0.334 e.